The Morgan fingerprint density at radius 2 is 1.79 bits per heavy atom. The zero-order valence-corrected chi connectivity index (χ0v) is 38.9. The van der Waals surface area contributed by atoms with Crippen molar-refractivity contribution in [1.82, 2.24) is 30.2 Å². The molecule has 10 N–H and O–H groups in total. The highest BCUT2D eigenvalue weighted by molar-refractivity contribution is 8.08. The molecular formula is C35H47N8O19P3S. The molecule has 6 rings (SSSR count). The topological polar surface area (TPSA) is 389 Å². The van der Waals surface area contributed by atoms with Gasteiger partial charge in [-0.3, -0.25) is 23.7 Å². The minimum atomic E-state index is -5.70. The van der Waals surface area contributed by atoms with Crippen LogP contribution in [0.15, 0.2) is 38.5 Å². The Hall–Kier alpha value is -4.66. The summed E-state index contributed by atoms with van der Waals surface area (Å²) in [6.07, 6.45) is -5.71. The second kappa shape index (κ2) is 19.9. The number of amides is 2. The van der Waals surface area contributed by atoms with Gasteiger partial charge in [-0.05, 0) is 69.0 Å². The summed E-state index contributed by atoms with van der Waals surface area (Å²) in [7, 11) is -11.3. The van der Waals surface area contributed by atoms with E-state index >= 15 is 0 Å². The van der Waals surface area contributed by atoms with Crippen molar-refractivity contribution in [3.05, 3.63) is 56.4 Å². The number of alkyl carbamates (subject to hydrolysis) is 1. The van der Waals surface area contributed by atoms with Crippen LogP contribution in [0.5, 0.6) is 0 Å². The number of fused-ring (bicyclic) bond motifs is 3. The first-order valence-corrected chi connectivity index (χ1v) is 25.5. The van der Waals surface area contributed by atoms with E-state index in [0.717, 1.165) is 28.6 Å². The van der Waals surface area contributed by atoms with E-state index in [2.05, 4.69) is 71.7 Å². The standard InChI is InChI=1S/C35H47N8O19P3S/c1-5-56-31(47)20-12-18-11-19-17(2)14-35(3,4)43(21(19)13-22(18)59-32(20)48)10-6-7-24(44)37-8-9-38-34(49)60-27-23(15-57-63(50,51)61-64(52,53)62-65(54,55)66)58-30(26(27)45)42-16-39-25-28(42)40-33(36)41-29(25)46/h11-13,16-17,23,26-27,30,45H,5-10,14-15H2,1-4H3,(H,37,44)(H,38,49)(H,50,51)(H,52,53)(H2,54,55,66)(H3,36,40,41,46)/t17?,23-,26-,27-,30-/m1/s1. The number of ether oxygens (including phenoxy) is 3. The van der Waals surface area contributed by atoms with Gasteiger partial charge in [-0.15, -0.1) is 0 Å². The number of aliphatic hydroxyl groups is 1. The number of aliphatic hydroxyl groups excluding tert-OH is 1. The number of nitrogens with two attached hydrogens (primary N) is 1. The Labute approximate surface area is 378 Å². The first kappa shape index (κ1) is 50.7. The highest BCUT2D eigenvalue weighted by atomic mass is 32.5. The maximum Gasteiger partial charge on any atom is 0.488 e. The van der Waals surface area contributed by atoms with Crippen molar-refractivity contribution in [3.8, 4) is 0 Å². The summed E-state index contributed by atoms with van der Waals surface area (Å²) < 4.78 is 59.9. The number of nitrogen functional groups attached to an aromatic ring is 1. The van der Waals surface area contributed by atoms with Crippen molar-refractivity contribution in [2.24, 2.45) is 0 Å². The molecule has 0 saturated carbocycles. The van der Waals surface area contributed by atoms with Gasteiger partial charge in [0, 0.05) is 48.7 Å². The Morgan fingerprint density at radius 3 is 2.48 bits per heavy atom. The molecular weight excluding hydrogens is 961 g/mol. The molecule has 0 aliphatic carbocycles. The number of rotatable bonds is 18. The number of phosphoric ester groups is 1. The molecule has 31 heteroatoms. The number of carbonyl (C=O) groups is 3. The Kier molecular flexibility index (Phi) is 15.3. The summed E-state index contributed by atoms with van der Waals surface area (Å²) in [5, 5.41) is 16.9. The molecule has 0 bridgehead atoms. The summed E-state index contributed by atoms with van der Waals surface area (Å²) in [5.74, 6) is -1.34. The summed E-state index contributed by atoms with van der Waals surface area (Å²) in [5.41, 5.74) is 5.22. The van der Waals surface area contributed by atoms with Crippen molar-refractivity contribution in [3.63, 3.8) is 0 Å². The SMILES string of the molecule is CCOC(=O)c1cc2cc3c(cc2oc1=O)N(CCCC(=O)NCCNC(=O)O[C@H]1[C@@H](O)[C@H](n2cnc4c(=O)[nH]c(N)nc42)O[C@@H]1COP(=O)(O)OP(=O)(O)OP(O)(O)=S)C(C)(C)CC3C. The first-order valence-electron chi connectivity index (χ1n) is 19.9. The van der Waals surface area contributed by atoms with Gasteiger partial charge >= 0.3 is 40.1 Å². The Bertz CT molecular complexity index is 2780. The molecule has 1 fully saturated rings. The lowest BCUT2D eigenvalue weighted by Gasteiger charge is -2.47. The monoisotopic (exact) mass is 1010 g/mol. The molecule has 3 aromatic heterocycles. The second-order valence-corrected chi connectivity index (χ2v) is 21.5. The number of nitrogens with one attached hydrogen (secondary N) is 3. The number of aromatic nitrogens is 4. The van der Waals surface area contributed by atoms with Crippen LogP contribution in [0.3, 0.4) is 0 Å². The number of H-pyrrole nitrogens is 1. The third-order valence-electron chi connectivity index (χ3n) is 10.3. The summed E-state index contributed by atoms with van der Waals surface area (Å²) in [6, 6.07) is 5.12. The van der Waals surface area contributed by atoms with Crippen LogP contribution >= 0.6 is 22.4 Å². The molecule has 4 aromatic rings. The lowest BCUT2D eigenvalue weighted by molar-refractivity contribution is -0.121. The van der Waals surface area contributed by atoms with E-state index in [0.29, 0.717) is 18.4 Å². The minimum Gasteiger partial charge on any atom is -0.462 e. The predicted molar refractivity (Wildman–Crippen MR) is 232 cm³/mol. The number of esters is 1. The number of imidazole rings is 1. The quantitative estimate of drug-likeness (QED) is 0.0295. The van der Waals surface area contributed by atoms with Gasteiger partial charge in [0.2, 0.25) is 11.9 Å². The third kappa shape index (κ3) is 12.1. The normalized spacial score (nSPS) is 22.3. The minimum absolute atomic E-state index is 0.0757. The number of aromatic amines is 1. The molecule has 0 radical (unpaired) electrons. The van der Waals surface area contributed by atoms with Gasteiger partial charge in [-0.25, -0.2) is 32.8 Å². The summed E-state index contributed by atoms with van der Waals surface area (Å²) in [6.45, 7) is 2.15. The highest BCUT2D eigenvalue weighted by Gasteiger charge is 2.50. The van der Waals surface area contributed by atoms with Crippen molar-refractivity contribution in [1.29, 1.82) is 0 Å². The highest BCUT2D eigenvalue weighted by Crippen LogP contribution is 2.66. The number of carbonyl (C=O) groups excluding carboxylic acids is 3. The molecule has 1 saturated heterocycles. The molecule has 27 nitrogen and oxygen atoms in total. The number of hydrogen-bond donors (Lipinski definition) is 9. The van der Waals surface area contributed by atoms with Crippen LogP contribution in [0.4, 0.5) is 16.4 Å². The molecule has 2 aliphatic rings. The van der Waals surface area contributed by atoms with Gasteiger partial charge in [0.1, 0.15) is 23.4 Å². The number of hydrogen-bond acceptors (Lipinski definition) is 20. The van der Waals surface area contributed by atoms with Crippen LogP contribution in [-0.4, -0.2) is 119 Å². The summed E-state index contributed by atoms with van der Waals surface area (Å²) in [4.78, 5) is 114. The van der Waals surface area contributed by atoms with Crippen LogP contribution in [-0.2, 0) is 53.1 Å². The smallest absolute Gasteiger partial charge is 0.462 e. The van der Waals surface area contributed by atoms with Gasteiger partial charge in [0.25, 0.3) is 5.56 Å². The summed E-state index contributed by atoms with van der Waals surface area (Å²) >= 11 is 4.07. The first-order chi connectivity index (χ1) is 30.8. The number of nitrogens with zero attached hydrogens (tertiary/aromatic N) is 4. The van der Waals surface area contributed by atoms with Crippen LogP contribution in [0, 0.1) is 0 Å². The molecule has 5 heterocycles. The second-order valence-electron chi connectivity index (χ2n) is 15.7. The molecule has 2 amide bonds. The van der Waals surface area contributed by atoms with E-state index in [4.69, 9.17) is 28.9 Å². The van der Waals surface area contributed by atoms with Gasteiger partial charge in [-0.1, -0.05) is 6.92 Å². The van der Waals surface area contributed by atoms with Crippen molar-refractivity contribution < 1.29 is 80.0 Å². The van der Waals surface area contributed by atoms with Crippen LogP contribution < -0.4 is 32.5 Å². The van der Waals surface area contributed by atoms with E-state index in [1.807, 2.05) is 6.07 Å². The largest absolute Gasteiger partial charge is 0.488 e. The molecule has 66 heavy (non-hydrogen) atoms. The maximum absolute atomic E-state index is 13.0. The van der Waals surface area contributed by atoms with Crippen LogP contribution in [0.2, 0.25) is 0 Å². The molecule has 362 valence electrons. The lowest BCUT2D eigenvalue weighted by atomic mass is 9.79. The zero-order chi connectivity index (χ0) is 48.5. The van der Waals surface area contributed by atoms with Gasteiger partial charge in [0.15, 0.2) is 23.5 Å². The van der Waals surface area contributed by atoms with Gasteiger partial charge in [-0.2, -0.15) is 9.29 Å². The van der Waals surface area contributed by atoms with Crippen LogP contribution in [0.25, 0.3) is 22.1 Å². The Balaban J connectivity index is 1.05. The maximum atomic E-state index is 13.0. The number of anilines is 2. The number of benzene rings is 1. The molecule has 1 aromatic carbocycles. The number of phosphoric acid groups is 2. The van der Waals surface area contributed by atoms with Crippen molar-refractivity contribution in [2.45, 2.75) is 83.0 Å². The Morgan fingerprint density at radius 1 is 1.08 bits per heavy atom. The van der Waals surface area contributed by atoms with Crippen molar-refractivity contribution >= 4 is 85.9 Å². The molecule has 7 atom stereocenters. The van der Waals surface area contributed by atoms with E-state index in [1.54, 1.807) is 13.0 Å². The molecule has 0 spiro atoms. The lowest BCUT2D eigenvalue weighted by Crippen LogP contribution is -2.49. The van der Waals surface area contributed by atoms with E-state index in [1.165, 1.54) is 6.07 Å². The zero-order valence-electron chi connectivity index (χ0n) is 35.4. The third-order valence-corrected chi connectivity index (χ3v) is 14.7. The molecule has 2 aliphatic heterocycles. The van der Waals surface area contributed by atoms with E-state index in [9.17, 15) is 57.8 Å². The van der Waals surface area contributed by atoms with E-state index in [-0.39, 0.29) is 71.7 Å². The average molecular weight is 1010 g/mol. The average Bonchev–Trinajstić information content (AvgIpc) is 3.74. The van der Waals surface area contributed by atoms with Crippen molar-refractivity contribution in [2.75, 3.05) is 43.5 Å². The van der Waals surface area contributed by atoms with E-state index < -0.39 is 76.8 Å². The van der Waals surface area contributed by atoms with Crippen LogP contribution in [0.1, 0.15) is 75.0 Å². The fraction of sp³-hybridized carbons (Fsp3) is 0.514. The fourth-order valence-corrected chi connectivity index (χ4v) is 11.5. The van der Waals surface area contributed by atoms with Gasteiger partial charge in [0.05, 0.1) is 19.5 Å². The van der Waals surface area contributed by atoms with Gasteiger partial charge < -0.3 is 64.6 Å². The molecule has 3 unspecified atom stereocenters. The fourth-order valence-electron chi connectivity index (χ4n) is 7.72. The predicted octanol–water partition coefficient (Wildman–Crippen LogP) is 1.49.